The summed E-state index contributed by atoms with van der Waals surface area (Å²) in [6, 6.07) is 28.1. The number of anilines is 1. The molecular formula is C26H18ClN3O3. The normalized spacial score (nSPS) is 10.7. The van der Waals surface area contributed by atoms with Gasteiger partial charge < -0.3 is 9.25 Å². The van der Waals surface area contributed by atoms with Crippen LogP contribution < -0.4 is 5.32 Å². The van der Waals surface area contributed by atoms with Crippen molar-refractivity contribution in [2.24, 2.45) is 5.16 Å². The molecule has 6 nitrogen and oxygen atoms in total. The summed E-state index contributed by atoms with van der Waals surface area (Å²) in [6.45, 7) is -0.367. The van der Waals surface area contributed by atoms with E-state index < -0.39 is 5.91 Å². The van der Waals surface area contributed by atoms with Crippen molar-refractivity contribution in [1.82, 2.24) is 0 Å². The monoisotopic (exact) mass is 455 g/mol. The van der Waals surface area contributed by atoms with Crippen LogP contribution in [-0.4, -0.2) is 18.7 Å². The van der Waals surface area contributed by atoms with E-state index in [9.17, 15) is 10.1 Å². The summed E-state index contributed by atoms with van der Waals surface area (Å²) in [5.41, 5.74) is 3.09. The Morgan fingerprint density at radius 1 is 1.00 bits per heavy atom. The van der Waals surface area contributed by atoms with Gasteiger partial charge in [-0.05, 0) is 11.6 Å². The molecule has 1 amide bonds. The molecule has 0 aliphatic rings. The summed E-state index contributed by atoms with van der Waals surface area (Å²) >= 11 is 6.06. The summed E-state index contributed by atoms with van der Waals surface area (Å²) in [7, 11) is 0. The number of hydrogen-bond donors (Lipinski definition) is 1. The van der Waals surface area contributed by atoms with Gasteiger partial charge in [0.05, 0.1) is 6.21 Å². The average Bonchev–Trinajstić information content (AvgIpc) is 3.22. The Kier molecular flexibility index (Phi) is 6.84. The number of halogens is 1. The maximum absolute atomic E-state index is 12.4. The Morgan fingerprint density at radius 3 is 2.30 bits per heavy atom. The lowest BCUT2D eigenvalue weighted by Gasteiger charge is -2.03. The van der Waals surface area contributed by atoms with Gasteiger partial charge in [0.15, 0.2) is 6.61 Å². The van der Waals surface area contributed by atoms with Gasteiger partial charge in [-0.25, -0.2) is 0 Å². The number of nitriles is 1. The van der Waals surface area contributed by atoms with E-state index in [-0.39, 0.29) is 18.1 Å². The van der Waals surface area contributed by atoms with Crippen molar-refractivity contribution in [3.8, 4) is 28.5 Å². The second kappa shape index (κ2) is 10.3. The van der Waals surface area contributed by atoms with Crippen LogP contribution >= 0.6 is 11.6 Å². The van der Waals surface area contributed by atoms with Crippen LogP contribution in [-0.2, 0) is 9.63 Å². The molecule has 4 rings (SSSR count). The quantitative estimate of drug-likeness (QED) is 0.268. The van der Waals surface area contributed by atoms with Crippen LogP contribution in [0.5, 0.6) is 0 Å². The van der Waals surface area contributed by atoms with Crippen molar-refractivity contribution < 1.29 is 14.0 Å². The van der Waals surface area contributed by atoms with Crippen molar-refractivity contribution in [3.05, 3.63) is 101 Å². The fraction of sp³-hybridized carbons (Fsp3) is 0.0385. The molecule has 33 heavy (non-hydrogen) atoms. The van der Waals surface area contributed by atoms with Gasteiger partial charge in [-0.15, -0.1) is 0 Å². The number of nitrogens with zero attached hydrogens (tertiary/aromatic N) is 2. The van der Waals surface area contributed by atoms with Gasteiger partial charge in [-0.1, -0.05) is 95.6 Å². The number of carbonyl (C=O) groups is 1. The Morgan fingerprint density at radius 2 is 1.64 bits per heavy atom. The largest absolute Gasteiger partial charge is 0.438 e. The lowest BCUT2D eigenvalue weighted by Crippen LogP contribution is -2.17. The molecule has 7 heteroatoms. The molecular weight excluding hydrogens is 438 g/mol. The summed E-state index contributed by atoms with van der Waals surface area (Å²) < 4.78 is 5.97. The smallest absolute Gasteiger partial charge is 0.267 e. The lowest BCUT2D eigenvalue weighted by atomic mass is 9.98. The van der Waals surface area contributed by atoms with E-state index in [0.717, 1.165) is 11.1 Å². The van der Waals surface area contributed by atoms with Gasteiger partial charge in [0.25, 0.3) is 5.91 Å². The Balaban J connectivity index is 1.56. The number of nitrogens with one attached hydrogen (secondary N) is 1. The minimum Gasteiger partial charge on any atom is -0.438 e. The SMILES string of the molecule is N#Cc1c(NC(=O)CON=Cc2ccccc2Cl)oc(-c2ccccc2)c1-c1ccccc1. The van der Waals surface area contributed by atoms with Crippen LogP contribution in [0.1, 0.15) is 11.1 Å². The first kappa shape index (κ1) is 21.9. The van der Waals surface area contributed by atoms with Crippen molar-refractivity contribution in [2.75, 3.05) is 11.9 Å². The molecule has 0 atom stereocenters. The molecule has 0 aliphatic carbocycles. The molecule has 0 saturated carbocycles. The number of rotatable bonds is 7. The van der Waals surface area contributed by atoms with Crippen LogP contribution in [0.25, 0.3) is 22.5 Å². The molecule has 4 aromatic rings. The van der Waals surface area contributed by atoms with Gasteiger partial charge in [-0.3, -0.25) is 10.1 Å². The zero-order chi connectivity index (χ0) is 23.0. The second-order valence-electron chi connectivity index (χ2n) is 6.93. The Labute approximate surface area is 195 Å². The molecule has 0 fully saturated rings. The summed E-state index contributed by atoms with van der Waals surface area (Å²) in [6.07, 6.45) is 1.42. The van der Waals surface area contributed by atoms with E-state index in [1.54, 1.807) is 18.2 Å². The predicted molar refractivity (Wildman–Crippen MR) is 128 cm³/mol. The Hall–Kier alpha value is -4.34. The van der Waals surface area contributed by atoms with Crippen LogP contribution in [0.15, 0.2) is 94.5 Å². The fourth-order valence-electron chi connectivity index (χ4n) is 3.23. The standard InChI is InChI=1S/C26H18ClN3O3/c27-22-14-8-7-13-20(22)16-29-32-17-23(31)30-26-21(15-28)24(18-9-3-1-4-10-18)25(33-26)19-11-5-2-6-12-19/h1-14,16H,17H2,(H,30,31). The number of amides is 1. The Bertz CT molecular complexity index is 1330. The second-order valence-corrected chi connectivity index (χ2v) is 7.34. The number of carbonyl (C=O) groups excluding carboxylic acids is 1. The topological polar surface area (TPSA) is 87.6 Å². The summed E-state index contributed by atoms with van der Waals surface area (Å²) in [4.78, 5) is 17.5. The molecule has 0 radical (unpaired) electrons. The van der Waals surface area contributed by atoms with Gasteiger partial charge in [0, 0.05) is 21.7 Å². The van der Waals surface area contributed by atoms with Gasteiger partial charge in [-0.2, -0.15) is 5.26 Å². The highest BCUT2D eigenvalue weighted by Gasteiger charge is 2.24. The summed E-state index contributed by atoms with van der Waals surface area (Å²) in [5, 5.41) is 16.8. The van der Waals surface area contributed by atoms with Crippen LogP contribution in [0.2, 0.25) is 5.02 Å². The third kappa shape index (κ3) is 5.12. The van der Waals surface area contributed by atoms with E-state index in [1.807, 2.05) is 66.7 Å². The summed E-state index contributed by atoms with van der Waals surface area (Å²) in [5.74, 6) is 0.0287. The van der Waals surface area contributed by atoms with E-state index >= 15 is 0 Å². The first-order chi connectivity index (χ1) is 16.2. The van der Waals surface area contributed by atoms with Crippen molar-refractivity contribution in [1.29, 1.82) is 5.26 Å². The van der Waals surface area contributed by atoms with Crippen molar-refractivity contribution >= 4 is 29.6 Å². The minimum atomic E-state index is -0.518. The highest BCUT2D eigenvalue weighted by Crippen LogP contribution is 2.41. The van der Waals surface area contributed by atoms with Crippen LogP contribution in [0, 0.1) is 11.3 Å². The van der Waals surface area contributed by atoms with E-state index in [1.165, 1.54) is 6.21 Å². The minimum absolute atomic E-state index is 0.0545. The van der Waals surface area contributed by atoms with Gasteiger partial charge in [0.1, 0.15) is 17.4 Å². The van der Waals surface area contributed by atoms with E-state index in [0.29, 0.717) is 21.9 Å². The molecule has 0 spiro atoms. The first-order valence-electron chi connectivity index (χ1n) is 10.0. The molecule has 1 heterocycles. The molecule has 1 N–H and O–H groups in total. The maximum Gasteiger partial charge on any atom is 0.267 e. The average molecular weight is 456 g/mol. The lowest BCUT2D eigenvalue weighted by molar-refractivity contribution is -0.120. The molecule has 162 valence electrons. The maximum atomic E-state index is 12.4. The third-order valence-electron chi connectivity index (χ3n) is 4.74. The molecule has 1 aromatic heterocycles. The highest BCUT2D eigenvalue weighted by molar-refractivity contribution is 6.33. The molecule has 0 bridgehead atoms. The number of benzene rings is 3. The van der Waals surface area contributed by atoms with Crippen LogP contribution in [0.3, 0.4) is 0 Å². The van der Waals surface area contributed by atoms with E-state index in [2.05, 4.69) is 16.5 Å². The molecule has 0 unspecified atom stereocenters. The first-order valence-corrected chi connectivity index (χ1v) is 10.4. The zero-order valence-electron chi connectivity index (χ0n) is 17.4. The van der Waals surface area contributed by atoms with Gasteiger partial charge >= 0.3 is 0 Å². The molecule has 0 saturated heterocycles. The third-order valence-corrected chi connectivity index (χ3v) is 5.08. The van der Waals surface area contributed by atoms with E-state index in [4.69, 9.17) is 20.9 Å². The van der Waals surface area contributed by atoms with Crippen molar-refractivity contribution in [2.45, 2.75) is 0 Å². The molecule has 0 aliphatic heterocycles. The molecule has 3 aromatic carbocycles. The fourth-order valence-corrected chi connectivity index (χ4v) is 3.42. The number of oxime groups is 1. The predicted octanol–water partition coefficient (Wildman–Crippen LogP) is 6.13. The highest BCUT2D eigenvalue weighted by atomic mass is 35.5. The number of furan rings is 1. The van der Waals surface area contributed by atoms with Crippen LogP contribution in [0.4, 0.5) is 5.88 Å². The zero-order valence-corrected chi connectivity index (χ0v) is 18.1. The van der Waals surface area contributed by atoms with Gasteiger partial charge in [0.2, 0.25) is 5.88 Å². The number of hydrogen-bond acceptors (Lipinski definition) is 5. The van der Waals surface area contributed by atoms with Crippen molar-refractivity contribution in [3.63, 3.8) is 0 Å².